The van der Waals surface area contributed by atoms with Gasteiger partial charge in [-0.1, -0.05) is 61.7 Å². The molecule has 0 saturated heterocycles. The second-order valence-electron chi connectivity index (χ2n) is 4.46. The van der Waals surface area contributed by atoms with Crippen molar-refractivity contribution in [3.05, 3.63) is 91.0 Å². The van der Waals surface area contributed by atoms with E-state index in [4.69, 9.17) is 4.74 Å². The van der Waals surface area contributed by atoms with Crippen molar-refractivity contribution in [2.45, 2.75) is 6.92 Å². The zero-order valence-corrected chi connectivity index (χ0v) is 11.7. The number of rotatable bonds is 5. The van der Waals surface area contributed by atoms with Crippen molar-refractivity contribution in [2.24, 2.45) is 0 Å². The molecule has 0 radical (unpaired) electrons. The Morgan fingerprint density at radius 3 is 2.45 bits per heavy atom. The Morgan fingerprint density at radius 1 is 1.05 bits per heavy atom. The van der Waals surface area contributed by atoms with Gasteiger partial charge in [0.1, 0.15) is 11.5 Å². The topological polar surface area (TPSA) is 9.23 Å². The van der Waals surface area contributed by atoms with Crippen molar-refractivity contribution in [1.29, 1.82) is 0 Å². The third-order valence-corrected chi connectivity index (χ3v) is 3.01. The summed E-state index contributed by atoms with van der Waals surface area (Å²) < 4.78 is 5.94. The molecule has 0 unspecified atom stereocenters. The van der Waals surface area contributed by atoms with Crippen LogP contribution < -0.4 is 4.74 Å². The maximum absolute atomic E-state index is 5.94. The zero-order valence-electron chi connectivity index (χ0n) is 11.7. The van der Waals surface area contributed by atoms with Gasteiger partial charge in [0.15, 0.2) is 0 Å². The highest BCUT2D eigenvalue weighted by atomic mass is 16.5. The van der Waals surface area contributed by atoms with Crippen molar-refractivity contribution < 1.29 is 4.74 Å². The number of benzene rings is 2. The Balaban J connectivity index is 2.36. The summed E-state index contributed by atoms with van der Waals surface area (Å²) in [6.07, 6.45) is 5.51. The molecule has 0 aromatic heterocycles. The van der Waals surface area contributed by atoms with Crippen LogP contribution in [0.4, 0.5) is 0 Å². The van der Waals surface area contributed by atoms with Crippen LogP contribution in [0, 0.1) is 6.92 Å². The van der Waals surface area contributed by atoms with E-state index in [-0.39, 0.29) is 0 Å². The lowest BCUT2D eigenvalue weighted by Gasteiger charge is -2.11. The summed E-state index contributed by atoms with van der Waals surface area (Å²) in [5.41, 5.74) is 3.19. The number of hydrogen-bond acceptors (Lipinski definition) is 1. The Hall–Kier alpha value is -2.54. The van der Waals surface area contributed by atoms with E-state index in [9.17, 15) is 0 Å². The number of allylic oxidation sites excluding steroid dienone is 4. The highest BCUT2D eigenvalue weighted by Crippen LogP contribution is 2.28. The van der Waals surface area contributed by atoms with E-state index in [0.717, 1.165) is 28.2 Å². The molecular weight excluding hydrogens is 244 g/mol. The molecule has 0 atom stereocenters. The van der Waals surface area contributed by atoms with Gasteiger partial charge in [-0.05, 0) is 41.8 Å². The molecule has 0 fully saturated rings. The molecule has 1 nitrogen and oxygen atoms in total. The van der Waals surface area contributed by atoms with Gasteiger partial charge in [-0.15, -0.1) is 0 Å². The van der Waals surface area contributed by atoms with Crippen LogP contribution >= 0.6 is 0 Å². The van der Waals surface area contributed by atoms with Gasteiger partial charge in [0.05, 0.1) is 0 Å². The van der Waals surface area contributed by atoms with Crippen molar-refractivity contribution in [3.8, 4) is 11.5 Å². The van der Waals surface area contributed by atoms with E-state index in [2.05, 4.69) is 19.2 Å². The van der Waals surface area contributed by atoms with E-state index in [1.165, 1.54) is 0 Å². The first-order chi connectivity index (χ1) is 9.74. The maximum Gasteiger partial charge on any atom is 0.130 e. The lowest BCUT2D eigenvalue weighted by Crippen LogP contribution is -1.90. The van der Waals surface area contributed by atoms with Gasteiger partial charge in [0, 0.05) is 0 Å². The molecule has 0 saturated carbocycles. The summed E-state index contributed by atoms with van der Waals surface area (Å²) in [6.45, 7) is 9.60. The van der Waals surface area contributed by atoms with E-state index in [1.807, 2.05) is 61.5 Å². The summed E-state index contributed by atoms with van der Waals surface area (Å²) in [7, 11) is 0. The van der Waals surface area contributed by atoms with Crippen molar-refractivity contribution in [3.63, 3.8) is 0 Å². The molecule has 0 heterocycles. The molecule has 0 aliphatic rings. The van der Waals surface area contributed by atoms with E-state index < -0.39 is 0 Å². The molecule has 0 amide bonds. The summed E-state index contributed by atoms with van der Waals surface area (Å²) in [5, 5.41) is 0. The fraction of sp³-hybridized carbons (Fsp3) is 0.0526. The smallest absolute Gasteiger partial charge is 0.130 e. The standard InChI is InChI=1S/C19H18O/c1-4-9-16(5-2)17-13-12-15(3)19(14-17)20-18-10-7-6-8-11-18/h4-14H,1-2H2,3H3. The fourth-order valence-electron chi connectivity index (χ4n) is 1.91. The first-order valence-electron chi connectivity index (χ1n) is 6.53. The summed E-state index contributed by atoms with van der Waals surface area (Å²) >= 11 is 0. The number of hydrogen-bond donors (Lipinski definition) is 0. The third-order valence-electron chi connectivity index (χ3n) is 3.01. The molecule has 2 aromatic rings. The molecule has 100 valence electrons. The number of aryl methyl sites for hydroxylation is 1. The highest BCUT2D eigenvalue weighted by Gasteiger charge is 2.05. The predicted octanol–water partition coefficient (Wildman–Crippen LogP) is 5.54. The minimum absolute atomic E-state index is 0.834. The Bertz CT molecular complexity index is 636. The maximum atomic E-state index is 5.94. The molecule has 20 heavy (non-hydrogen) atoms. The van der Waals surface area contributed by atoms with Crippen LogP contribution in [0.1, 0.15) is 11.1 Å². The minimum atomic E-state index is 0.834. The van der Waals surface area contributed by atoms with Gasteiger partial charge in [-0.2, -0.15) is 0 Å². The van der Waals surface area contributed by atoms with Crippen molar-refractivity contribution in [1.82, 2.24) is 0 Å². The van der Waals surface area contributed by atoms with Crippen LogP contribution in [0.25, 0.3) is 5.57 Å². The van der Waals surface area contributed by atoms with E-state index in [1.54, 1.807) is 6.08 Å². The third kappa shape index (κ3) is 3.27. The fourth-order valence-corrected chi connectivity index (χ4v) is 1.91. The lowest BCUT2D eigenvalue weighted by molar-refractivity contribution is 0.479. The second-order valence-corrected chi connectivity index (χ2v) is 4.46. The van der Waals surface area contributed by atoms with Gasteiger partial charge in [-0.3, -0.25) is 0 Å². The summed E-state index contributed by atoms with van der Waals surface area (Å²) in [4.78, 5) is 0. The van der Waals surface area contributed by atoms with E-state index in [0.29, 0.717) is 0 Å². The molecular formula is C19H18O. The molecule has 0 N–H and O–H groups in total. The van der Waals surface area contributed by atoms with Crippen LogP contribution in [0.5, 0.6) is 11.5 Å². The average Bonchev–Trinajstić information content (AvgIpc) is 2.48. The predicted molar refractivity (Wildman–Crippen MR) is 86.1 cm³/mol. The first-order valence-corrected chi connectivity index (χ1v) is 6.53. The molecule has 2 rings (SSSR count). The van der Waals surface area contributed by atoms with Crippen LogP contribution in [-0.2, 0) is 0 Å². The van der Waals surface area contributed by atoms with Gasteiger partial charge in [0.2, 0.25) is 0 Å². The van der Waals surface area contributed by atoms with Gasteiger partial charge in [-0.25, -0.2) is 0 Å². The molecule has 0 aliphatic heterocycles. The SMILES string of the molecule is C=CC=C(C=C)c1ccc(C)c(Oc2ccccc2)c1. The van der Waals surface area contributed by atoms with Crippen LogP contribution in [0.3, 0.4) is 0 Å². The quantitative estimate of drug-likeness (QED) is 0.642. The normalized spacial score (nSPS) is 10.9. The number of para-hydroxylation sites is 1. The monoisotopic (exact) mass is 262 g/mol. The first kappa shape index (κ1) is 13.9. The minimum Gasteiger partial charge on any atom is -0.457 e. The molecule has 1 heteroatoms. The Labute approximate surface area is 120 Å². The Kier molecular flexibility index (Phi) is 4.56. The van der Waals surface area contributed by atoms with Crippen LogP contribution in [0.2, 0.25) is 0 Å². The highest BCUT2D eigenvalue weighted by molar-refractivity contribution is 5.75. The largest absolute Gasteiger partial charge is 0.457 e. The summed E-state index contributed by atoms with van der Waals surface area (Å²) in [6, 6.07) is 15.9. The zero-order chi connectivity index (χ0) is 14.4. The van der Waals surface area contributed by atoms with Crippen LogP contribution in [0.15, 0.2) is 79.9 Å². The summed E-state index contributed by atoms with van der Waals surface area (Å²) in [5.74, 6) is 1.69. The number of ether oxygens (including phenoxy) is 1. The molecule has 0 aliphatic carbocycles. The second kappa shape index (κ2) is 6.58. The Morgan fingerprint density at radius 2 is 1.80 bits per heavy atom. The van der Waals surface area contributed by atoms with E-state index >= 15 is 0 Å². The van der Waals surface area contributed by atoms with Gasteiger partial charge in [0.25, 0.3) is 0 Å². The van der Waals surface area contributed by atoms with Crippen molar-refractivity contribution in [2.75, 3.05) is 0 Å². The van der Waals surface area contributed by atoms with Gasteiger partial charge < -0.3 is 4.74 Å². The van der Waals surface area contributed by atoms with Crippen molar-refractivity contribution >= 4 is 5.57 Å². The average molecular weight is 262 g/mol. The lowest BCUT2D eigenvalue weighted by atomic mass is 10.0. The molecule has 0 spiro atoms. The van der Waals surface area contributed by atoms with Gasteiger partial charge >= 0.3 is 0 Å². The van der Waals surface area contributed by atoms with Crippen LogP contribution in [-0.4, -0.2) is 0 Å². The molecule has 2 aromatic carbocycles. The molecule has 0 bridgehead atoms.